The van der Waals surface area contributed by atoms with E-state index in [2.05, 4.69) is 0 Å². The van der Waals surface area contributed by atoms with Crippen molar-refractivity contribution in [2.45, 2.75) is 18.6 Å². The standard InChI is InChI=1S/C7H14O2S2/c1-6(8)7(10-2)4-5-11(3)9/h7H,4-5H2,1-3H3. The lowest BCUT2D eigenvalue weighted by molar-refractivity contribution is -0.116. The molecule has 2 unspecified atom stereocenters. The largest absolute Gasteiger partial charge is 0.617 e. The second-order valence-corrected chi connectivity index (χ2v) is 5.00. The molecule has 0 aliphatic heterocycles. The van der Waals surface area contributed by atoms with Crippen LogP contribution in [-0.2, 0) is 16.0 Å². The summed E-state index contributed by atoms with van der Waals surface area (Å²) < 4.78 is 10.7. The molecule has 4 heteroatoms. The highest BCUT2D eigenvalue weighted by molar-refractivity contribution is 8.00. The van der Waals surface area contributed by atoms with Gasteiger partial charge < -0.3 is 4.55 Å². The Balaban J connectivity index is 3.61. The summed E-state index contributed by atoms with van der Waals surface area (Å²) in [6.07, 6.45) is 4.31. The molecule has 0 bridgehead atoms. The number of hydrogen-bond donors (Lipinski definition) is 0. The first-order valence-corrected chi connectivity index (χ1v) is 6.42. The van der Waals surface area contributed by atoms with Crippen LogP contribution in [0.2, 0.25) is 0 Å². The Bertz CT molecular complexity index is 126. The van der Waals surface area contributed by atoms with E-state index in [1.165, 1.54) is 11.8 Å². The summed E-state index contributed by atoms with van der Waals surface area (Å²) in [4.78, 5) is 10.9. The van der Waals surface area contributed by atoms with Crippen LogP contribution in [0.4, 0.5) is 0 Å². The molecular weight excluding hydrogens is 180 g/mol. The Labute approximate surface area is 75.3 Å². The van der Waals surface area contributed by atoms with E-state index in [1.807, 2.05) is 6.26 Å². The molecule has 0 radical (unpaired) electrons. The summed E-state index contributed by atoms with van der Waals surface area (Å²) in [5.74, 6) is 0.813. The topological polar surface area (TPSA) is 40.1 Å². The van der Waals surface area contributed by atoms with E-state index >= 15 is 0 Å². The van der Waals surface area contributed by atoms with Crippen molar-refractivity contribution in [3.05, 3.63) is 0 Å². The van der Waals surface area contributed by atoms with Gasteiger partial charge in [-0.1, -0.05) is 11.2 Å². The van der Waals surface area contributed by atoms with E-state index in [0.717, 1.165) is 6.42 Å². The highest BCUT2D eigenvalue weighted by Crippen LogP contribution is 2.12. The molecule has 0 fully saturated rings. The molecule has 0 saturated carbocycles. The zero-order chi connectivity index (χ0) is 8.85. The summed E-state index contributed by atoms with van der Waals surface area (Å²) in [7, 11) is 0. The fourth-order valence-corrected chi connectivity index (χ4v) is 2.16. The molecule has 0 aliphatic carbocycles. The van der Waals surface area contributed by atoms with Gasteiger partial charge in [-0.05, 0) is 13.2 Å². The van der Waals surface area contributed by atoms with Crippen LogP contribution < -0.4 is 0 Å². The first-order chi connectivity index (χ1) is 5.07. The van der Waals surface area contributed by atoms with Gasteiger partial charge in [0.2, 0.25) is 0 Å². The van der Waals surface area contributed by atoms with Crippen LogP contribution in [0.3, 0.4) is 0 Å². The van der Waals surface area contributed by atoms with Crippen molar-refractivity contribution in [2.75, 3.05) is 18.3 Å². The molecule has 0 aliphatic rings. The molecule has 0 N–H and O–H groups in total. The molecule has 0 aromatic heterocycles. The third kappa shape index (κ3) is 5.58. The van der Waals surface area contributed by atoms with Gasteiger partial charge in [-0.2, -0.15) is 11.8 Å². The molecule has 2 atom stereocenters. The van der Waals surface area contributed by atoms with E-state index in [4.69, 9.17) is 0 Å². The molecule has 0 aromatic carbocycles. The minimum Gasteiger partial charge on any atom is -0.617 e. The average Bonchev–Trinajstić information content (AvgIpc) is 1.87. The lowest BCUT2D eigenvalue weighted by Gasteiger charge is -2.10. The quantitative estimate of drug-likeness (QED) is 0.615. The Morgan fingerprint density at radius 3 is 2.55 bits per heavy atom. The molecule has 0 saturated heterocycles. The van der Waals surface area contributed by atoms with Gasteiger partial charge in [0.05, 0.1) is 11.5 Å². The van der Waals surface area contributed by atoms with E-state index in [0.29, 0.717) is 5.75 Å². The molecule has 2 nitrogen and oxygen atoms in total. The Morgan fingerprint density at radius 2 is 2.27 bits per heavy atom. The number of ketones is 1. The van der Waals surface area contributed by atoms with Gasteiger partial charge in [-0.15, -0.1) is 0 Å². The molecule has 0 rings (SSSR count). The Morgan fingerprint density at radius 1 is 1.73 bits per heavy atom. The number of rotatable bonds is 5. The number of Topliss-reactive ketones (excluding diaryl/α,β-unsaturated/α-hetero) is 1. The van der Waals surface area contributed by atoms with Gasteiger partial charge in [0, 0.05) is 6.42 Å². The fourth-order valence-electron chi connectivity index (χ4n) is 0.760. The van der Waals surface area contributed by atoms with Crippen molar-refractivity contribution >= 4 is 28.7 Å². The maximum atomic E-state index is 10.9. The molecule has 66 valence electrons. The third-order valence-electron chi connectivity index (χ3n) is 1.41. The zero-order valence-corrected chi connectivity index (χ0v) is 8.76. The molecular formula is C7H14O2S2. The van der Waals surface area contributed by atoms with Crippen molar-refractivity contribution in [3.8, 4) is 0 Å². The molecule has 0 amide bonds. The van der Waals surface area contributed by atoms with Crippen LogP contribution in [-0.4, -0.2) is 33.9 Å². The normalized spacial score (nSPS) is 16.0. The van der Waals surface area contributed by atoms with E-state index in [-0.39, 0.29) is 11.0 Å². The lowest BCUT2D eigenvalue weighted by Crippen LogP contribution is -2.17. The van der Waals surface area contributed by atoms with Crippen LogP contribution in [0, 0.1) is 0 Å². The first kappa shape index (κ1) is 11.3. The number of carbonyl (C=O) groups excluding carboxylic acids is 1. The predicted octanol–water partition coefficient (Wildman–Crippen LogP) is 1.08. The summed E-state index contributed by atoms with van der Waals surface area (Å²) in [6.45, 7) is 1.58. The van der Waals surface area contributed by atoms with Crippen LogP contribution in [0.15, 0.2) is 0 Å². The average molecular weight is 194 g/mol. The van der Waals surface area contributed by atoms with Crippen LogP contribution >= 0.6 is 11.8 Å². The van der Waals surface area contributed by atoms with Crippen LogP contribution in [0.5, 0.6) is 0 Å². The monoisotopic (exact) mass is 194 g/mol. The zero-order valence-electron chi connectivity index (χ0n) is 7.12. The highest BCUT2D eigenvalue weighted by Gasteiger charge is 2.14. The maximum Gasteiger partial charge on any atom is 0.142 e. The molecule has 0 aromatic rings. The summed E-state index contributed by atoms with van der Waals surface area (Å²) in [6, 6.07) is 0. The van der Waals surface area contributed by atoms with E-state index in [9.17, 15) is 9.35 Å². The predicted molar refractivity (Wildman–Crippen MR) is 51.5 cm³/mol. The van der Waals surface area contributed by atoms with Gasteiger partial charge in [-0.3, -0.25) is 4.79 Å². The van der Waals surface area contributed by atoms with Gasteiger partial charge in [-0.25, -0.2) is 0 Å². The smallest absolute Gasteiger partial charge is 0.142 e. The van der Waals surface area contributed by atoms with Gasteiger partial charge in [0.1, 0.15) is 11.5 Å². The van der Waals surface area contributed by atoms with Crippen molar-refractivity contribution in [2.24, 2.45) is 0 Å². The number of thioether (sulfide) groups is 1. The molecule has 0 heterocycles. The lowest BCUT2D eigenvalue weighted by atomic mass is 10.2. The minimum atomic E-state index is -0.770. The highest BCUT2D eigenvalue weighted by atomic mass is 32.2. The maximum absolute atomic E-state index is 10.9. The fraction of sp³-hybridized carbons (Fsp3) is 0.857. The van der Waals surface area contributed by atoms with E-state index in [1.54, 1.807) is 13.2 Å². The second kappa shape index (κ2) is 5.91. The van der Waals surface area contributed by atoms with Crippen LogP contribution in [0.25, 0.3) is 0 Å². The van der Waals surface area contributed by atoms with Gasteiger partial charge >= 0.3 is 0 Å². The Hall–Kier alpha value is 0.330. The van der Waals surface area contributed by atoms with Crippen LogP contribution in [0.1, 0.15) is 13.3 Å². The van der Waals surface area contributed by atoms with Crippen molar-refractivity contribution in [3.63, 3.8) is 0 Å². The summed E-state index contributed by atoms with van der Waals surface area (Å²) in [5, 5.41) is 0.0406. The summed E-state index contributed by atoms with van der Waals surface area (Å²) in [5.41, 5.74) is 0. The van der Waals surface area contributed by atoms with Crippen molar-refractivity contribution < 1.29 is 9.35 Å². The van der Waals surface area contributed by atoms with Gasteiger partial charge in [0.15, 0.2) is 0 Å². The van der Waals surface area contributed by atoms with Crippen molar-refractivity contribution in [1.82, 2.24) is 0 Å². The number of hydrogen-bond acceptors (Lipinski definition) is 3. The third-order valence-corrected chi connectivity index (χ3v) is 3.35. The minimum absolute atomic E-state index is 0.0406. The van der Waals surface area contributed by atoms with Crippen molar-refractivity contribution in [1.29, 1.82) is 0 Å². The first-order valence-electron chi connectivity index (χ1n) is 3.41. The SMILES string of the molecule is CSC(CC[S+](C)[O-])C(C)=O. The molecule has 0 spiro atoms. The second-order valence-electron chi connectivity index (χ2n) is 2.40. The number of carbonyl (C=O) groups is 1. The summed E-state index contributed by atoms with van der Waals surface area (Å²) >= 11 is 0.766. The van der Waals surface area contributed by atoms with E-state index < -0.39 is 11.2 Å². The molecule has 11 heavy (non-hydrogen) atoms. The Kier molecular flexibility index (Phi) is 6.09. The van der Waals surface area contributed by atoms with Gasteiger partial charge in [0.25, 0.3) is 0 Å².